The van der Waals surface area contributed by atoms with E-state index in [1.165, 1.54) is 32.1 Å². The zero-order valence-corrected chi connectivity index (χ0v) is 21.3. The van der Waals surface area contributed by atoms with Crippen LogP contribution in [0.25, 0.3) is 10.9 Å². The summed E-state index contributed by atoms with van der Waals surface area (Å²) in [6.45, 7) is 0. The molecule has 5 nitrogen and oxygen atoms in total. The molecule has 36 heavy (non-hydrogen) atoms. The zero-order chi connectivity index (χ0) is 25.1. The minimum absolute atomic E-state index is 0.214. The van der Waals surface area contributed by atoms with Gasteiger partial charge in [-0.05, 0) is 67.1 Å². The predicted molar refractivity (Wildman–Crippen MR) is 142 cm³/mol. The smallest absolute Gasteiger partial charge is 0.326 e. The number of carboxylic acids is 1. The van der Waals surface area contributed by atoms with Gasteiger partial charge in [0.25, 0.3) is 0 Å². The number of pyridine rings is 1. The van der Waals surface area contributed by atoms with Crippen LogP contribution in [0.15, 0.2) is 54.6 Å². The summed E-state index contributed by atoms with van der Waals surface area (Å²) in [7, 11) is 0. The number of rotatable bonds is 7. The molecule has 0 bridgehead atoms. The van der Waals surface area contributed by atoms with Crippen LogP contribution in [0.4, 0.5) is 0 Å². The number of aromatic nitrogens is 1. The van der Waals surface area contributed by atoms with E-state index in [1.807, 2.05) is 30.3 Å². The number of benzene rings is 2. The lowest BCUT2D eigenvalue weighted by molar-refractivity contribution is -0.142. The van der Waals surface area contributed by atoms with Gasteiger partial charge in [0.1, 0.15) is 6.04 Å². The van der Waals surface area contributed by atoms with Gasteiger partial charge in [-0.2, -0.15) is 0 Å². The Hall–Kier alpha value is -2.92. The van der Waals surface area contributed by atoms with E-state index in [-0.39, 0.29) is 12.3 Å². The van der Waals surface area contributed by atoms with E-state index >= 15 is 0 Å². The van der Waals surface area contributed by atoms with Gasteiger partial charge in [-0.25, -0.2) is 4.79 Å². The maximum absolute atomic E-state index is 13.5. The summed E-state index contributed by atoms with van der Waals surface area (Å²) in [5, 5.41) is 14.5. The molecule has 2 aliphatic carbocycles. The van der Waals surface area contributed by atoms with Gasteiger partial charge in [-0.15, -0.1) is 0 Å². The largest absolute Gasteiger partial charge is 0.480 e. The van der Waals surface area contributed by atoms with Crippen LogP contribution in [0.2, 0.25) is 5.02 Å². The molecule has 188 valence electrons. The average Bonchev–Trinajstić information content (AvgIpc) is 3.40. The first-order chi connectivity index (χ1) is 17.4. The van der Waals surface area contributed by atoms with Gasteiger partial charge in [-0.1, -0.05) is 68.0 Å². The van der Waals surface area contributed by atoms with Crippen molar-refractivity contribution in [2.75, 3.05) is 0 Å². The number of nitrogens with zero attached hydrogens (tertiary/aromatic N) is 1. The predicted octanol–water partition coefficient (Wildman–Crippen LogP) is 6.56. The molecule has 2 aromatic carbocycles. The van der Waals surface area contributed by atoms with Crippen molar-refractivity contribution in [3.63, 3.8) is 0 Å². The fourth-order valence-electron chi connectivity index (χ4n) is 6.07. The van der Waals surface area contributed by atoms with E-state index in [9.17, 15) is 14.7 Å². The number of carbonyl (C=O) groups excluding carboxylic acids is 1. The molecule has 0 aliphatic heterocycles. The number of carboxylic acid groups (broad SMARTS) is 1. The Kier molecular flexibility index (Phi) is 7.29. The minimum Gasteiger partial charge on any atom is -0.480 e. The van der Waals surface area contributed by atoms with Gasteiger partial charge in [0.15, 0.2) is 0 Å². The van der Waals surface area contributed by atoms with Crippen molar-refractivity contribution < 1.29 is 14.7 Å². The molecule has 0 spiro atoms. The molecule has 0 radical (unpaired) electrons. The molecule has 1 atom stereocenters. The summed E-state index contributed by atoms with van der Waals surface area (Å²) >= 11 is 6.07. The highest BCUT2D eigenvalue weighted by atomic mass is 35.5. The van der Waals surface area contributed by atoms with Crippen LogP contribution in [-0.2, 0) is 21.4 Å². The summed E-state index contributed by atoms with van der Waals surface area (Å²) in [6, 6.07) is 16.5. The Bertz CT molecular complexity index is 1240. The van der Waals surface area contributed by atoms with Crippen molar-refractivity contribution in [1.82, 2.24) is 10.3 Å². The summed E-state index contributed by atoms with van der Waals surface area (Å²) in [4.78, 5) is 30.6. The molecule has 3 aromatic rings. The number of nitrogens with one attached hydrogen (secondary N) is 1. The van der Waals surface area contributed by atoms with Crippen molar-refractivity contribution in [2.24, 2.45) is 0 Å². The van der Waals surface area contributed by atoms with Crippen LogP contribution in [0, 0.1) is 0 Å². The molecule has 2 saturated carbocycles. The lowest BCUT2D eigenvalue weighted by Crippen LogP contribution is -2.50. The molecule has 6 heteroatoms. The topological polar surface area (TPSA) is 79.3 Å². The normalized spacial score (nSPS) is 18.7. The summed E-state index contributed by atoms with van der Waals surface area (Å²) in [5.41, 5.74) is 3.16. The van der Waals surface area contributed by atoms with Crippen molar-refractivity contribution in [3.8, 4) is 0 Å². The van der Waals surface area contributed by atoms with Gasteiger partial charge >= 0.3 is 5.97 Å². The average molecular weight is 505 g/mol. The SMILES string of the molecule is O=C(O)C(Cc1ccc2nc(C3CCCCC3)ccc2c1)NC(=O)C1(c2ccc(Cl)cc2)CCCC1. The first kappa shape index (κ1) is 24.8. The molecule has 2 N–H and O–H groups in total. The van der Waals surface area contributed by atoms with Crippen molar-refractivity contribution in [1.29, 1.82) is 0 Å². The number of hydrogen-bond donors (Lipinski definition) is 2. The summed E-state index contributed by atoms with van der Waals surface area (Å²) in [5.74, 6) is -0.703. The highest BCUT2D eigenvalue weighted by molar-refractivity contribution is 6.30. The number of carbonyl (C=O) groups is 2. The summed E-state index contributed by atoms with van der Waals surface area (Å²) < 4.78 is 0. The van der Waals surface area contributed by atoms with Gasteiger partial charge in [-0.3, -0.25) is 9.78 Å². The second-order valence-electron chi connectivity index (χ2n) is 10.5. The number of fused-ring (bicyclic) bond motifs is 1. The highest BCUT2D eigenvalue weighted by Gasteiger charge is 2.43. The van der Waals surface area contributed by atoms with Crippen molar-refractivity contribution in [2.45, 2.75) is 81.6 Å². The second-order valence-corrected chi connectivity index (χ2v) is 10.9. The molecular weight excluding hydrogens is 472 g/mol. The third-order valence-electron chi connectivity index (χ3n) is 8.13. The van der Waals surface area contributed by atoms with Crippen LogP contribution in [0.3, 0.4) is 0 Å². The first-order valence-corrected chi connectivity index (χ1v) is 13.5. The Morgan fingerprint density at radius 3 is 2.39 bits per heavy atom. The molecule has 2 aliphatic rings. The fraction of sp³-hybridized carbons (Fsp3) is 0.433. The Morgan fingerprint density at radius 1 is 0.972 bits per heavy atom. The van der Waals surface area contributed by atoms with E-state index in [4.69, 9.17) is 16.6 Å². The molecule has 0 saturated heterocycles. The third kappa shape index (κ3) is 5.12. The molecular formula is C30H33ClN2O3. The number of aliphatic carboxylic acids is 1. The molecule has 1 amide bonds. The number of amides is 1. The maximum atomic E-state index is 13.5. The van der Waals surface area contributed by atoms with Gasteiger partial charge in [0, 0.05) is 28.4 Å². The lowest BCUT2D eigenvalue weighted by atomic mass is 9.77. The monoisotopic (exact) mass is 504 g/mol. The molecule has 1 aromatic heterocycles. The minimum atomic E-state index is -1.03. The van der Waals surface area contributed by atoms with E-state index < -0.39 is 17.4 Å². The van der Waals surface area contributed by atoms with Crippen LogP contribution in [-0.4, -0.2) is 28.0 Å². The Balaban J connectivity index is 1.33. The van der Waals surface area contributed by atoms with Gasteiger partial charge in [0.05, 0.1) is 10.9 Å². The van der Waals surface area contributed by atoms with Crippen LogP contribution in [0.5, 0.6) is 0 Å². The van der Waals surface area contributed by atoms with E-state index in [2.05, 4.69) is 17.4 Å². The maximum Gasteiger partial charge on any atom is 0.326 e. The summed E-state index contributed by atoms with van der Waals surface area (Å²) in [6.07, 6.45) is 9.77. The molecule has 1 unspecified atom stereocenters. The standard InChI is InChI=1S/C30H33ClN2O3/c31-24-12-10-23(11-13-24)30(16-4-5-17-30)29(36)33-27(28(34)35)19-20-8-14-26-22(18-20)9-15-25(32-26)21-6-2-1-3-7-21/h8-15,18,21,27H,1-7,16-17,19H2,(H,33,36)(H,34,35). The quantitative estimate of drug-likeness (QED) is 0.382. The van der Waals surface area contributed by atoms with Crippen molar-refractivity contribution >= 4 is 34.4 Å². The first-order valence-electron chi connectivity index (χ1n) is 13.1. The van der Waals surface area contributed by atoms with E-state index in [1.54, 1.807) is 12.1 Å². The highest BCUT2D eigenvalue weighted by Crippen LogP contribution is 2.42. The molecule has 1 heterocycles. The van der Waals surface area contributed by atoms with Gasteiger partial charge in [0.2, 0.25) is 5.91 Å². The third-order valence-corrected chi connectivity index (χ3v) is 8.38. The molecule has 2 fully saturated rings. The lowest BCUT2D eigenvalue weighted by Gasteiger charge is -2.30. The van der Waals surface area contributed by atoms with Crippen molar-refractivity contribution in [3.05, 3.63) is 76.4 Å². The Labute approximate surface area is 217 Å². The number of hydrogen-bond acceptors (Lipinski definition) is 3. The zero-order valence-electron chi connectivity index (χ0n) is 20.5. The molecule has 5 rings (SSSR count). The van der Waals surface area contributed by atoms with Crippen LogP contribution in [0.1, 0.15) is 80.5 Å². The van der Waals surface area contributed by atoms with Gasteiger partial charge < -0.3 is 10.4 Å². The van der Waals surface area contributed by atoms with E-state index in [0.29, 0.717) is 23.8 Å². The second kappa shape index (κ2) is 10.6. The van der Waals surface area contributed by atoms with E-state index in [0.717, 1.165) is 40.6 Å². The van der Waals surface area contributed by atoms with Crippen LogP contribution >= 0.6 is 11.6 Å². The number of halogens is 1. The fourth-order valence-corrected chi connectivity index (χ4v) is 6.20. The Morgan fingerprint density at radius 2 is 1.69 bits per heavy atom. The van der Waals surface area contributed by atoms with Crippen LogP contribution < -0.4 is 5.32 Å².